The van der Waals surface area contributed by atoms with Crippen LogP contribution in [-0.4, -0.2) is 23.1 Å². The number of piperidine rings is 1. The van der Waals surface area contributed by atoms with Gasteiger partial charge in [0, 0.05) is 25.0 Å². The third-order valence-electron chi connectivity index (χ3n) is 5.12. The first kappa shape index (κ1) is 18.9. The average Bonchev–Trinajstić information content (AvgIpc) is 2.57. The summed E-state index contributed by atoms with van der Waals surface area (Å²) in [5.41, 5.74) is 1.61. The van der Waals surface area contributed by atoms with Crippen LogP contribution >= 0.6 is 0 Å². The van der Waals surface area contributed by atoms with Crippen molar-refractivity contribution in [3.63, 3.8) is 0 Å². The number of anilines is 1. The Kier molecular flexibility index (Phi) is 7.84. The molecular formula is C19H35N3. The molecule has 3 heteroatoms. The summed E-state index contributed by atoms with van der Waals surface area (Å²) in [5, 5.41) is 0. The van der Waals surface area contributed by atoms with E-state index in [9.17, 15) is 0 Å². The van der Waals surface area contributed by atoms with Crippen molar-refractivity contribution in [2.24, 2.45) is 11.3 Å². The predicted octanol–water partition coefficient (Wildman–Crippen LogP) is 5.24. The maximum Gasteiger partial charge on any atom is 0.225 e. The maximum absolute atomic E-state index is 4.56. The summed E-state index contributed by atoms with van der Waals surface area (Å²) in [5.74, 6) is 1.76. The largest absolute Gasteiger partial charge is 0.341 e. The normalized spacial score (nSPS) is 18.4. The van der Waals surface area contributed by atoms with Gasteiger partial charge in [0.2, 0.25) is 5.95 Å². The van der Waals surface area contributed by atoms with Crippen LogP contribution in [0.2, 0.25) is 0 Å². The number of nitrogens with zero attached hydrogens (tertiary/aromatic N) is 3. The second kappa shape index (κ2) is 9.12. The van der Waals surface area contributed by atoms with Gasteiger partial charge >= 0.3 is 0 Å². The molecular weight excluding hydrogens is 270 g/mol. The Morgan fingerprint density at radius 2 is 1.86 bits per heavy atom. The van der Waals surface area contributed by atoms with Crippen molar-refractivity contribution < 1.29 is 0 Å². The zero-order valence-electron chi connectivity index (χ0n) is 15.5. The van der Waals surface area contributed by atoms with Crippen LogP contribution in [0, 0.1) is 18.3 Å². The highest BCUT2D eigenvalue weighted by molar-refractivity contribution is 5.31. The van der Waals surface area contributed by atoms with E-state index in [2.05, 4.69) is 35.6 Å². The van der Waals surface area contributed by atoms with Crippen molar-refractivity contribution in [2.75, 3.05) is 18.0 Å². The second-order valence-electron chi connectivity index (χ2n) is 6.56. The molecule has 1 aromatic rings. The monoisotopic (exact) mass is 305 g/mol. The topological polar surface area (TPSA) is 29.0 Å². The number of aryl methyl sites for hydroxylation is 1. The van der Waals surface area contributed by atoms with Gasteiger partial charge in [0.15, 0.2) is 0 Å². The number of hydrogen-bond acceptors (Lipinski definition) is 3. The van der Waals surface area contributed by atoms with E-state index in [0.29, 0.717) is 5.41 Å². The average molecular weight is 306 g/mol. The van der Waals surface area contributed by atoms with Gasteiger partial charge in [-0.15, -0.1) is 0 Å². The van der Waals surface area contributed by atoms with E-state index < -0.39 is 0 Å². The fraction of sp³-hybridized carbons (Fsp3) is 0.789. The molecule has 126 valence electrons. The summed E-state index contributed by atoms with van der Waals surface area (Å²) >= 11 is 0. The van der Waals surface area contributed by atoms with E-state index >= 15 is 0 Å². The van der Waals surface area contributed by atoms with Gasteiger partial charge in [-0.3, -0.25) is 0 Å². The molecule has 1 atom stereocenters. The lowest BCUT2D eigenvalue weighted by Crippen LogP contribution is -2.41. The Bertz CT molecular complexity index is 422. The van der Waals surface area contributed by atoms with Gasteiger partial charge in [-0.2, -0.15) is 0 Å². The molecule has 2 rings (SSSR count). The number of hydrogen-bond donors (Lipinski definition) is 0. The lowest BCUT2D eigenvalue weighted by Gasteiger charge is -2.43. The van der Waals surface area contributed by atoms with E-state index in [-0.39, 0.29) is 0 Å². The molecule has 3 nitrogen and oxygen atoms in total. The zero-order chi connectivity index (χ0) is 16.6. The van der Waals surface area contributed by atoms with Crippen LogP contribution in [0.15, 0.2) is 12.3 Å². The summed E-state index contributed by atoms with van der Waals surface area (Å²) in [4.78, 5) is 11.3. The van der Waals surface area contributed by atoms with Crippen molar-refractivity contribution in [1.82, 2.24) is 9.97 Å². The molecule has 0 radical (unpaired) electrons. The zero-order valence-corrected chi connectivity index (χ0v) is 15.5. The summed E-state index contributed by atoms with van der Waals surface area (Å²) in [7, 11) is 0. The molecule has 0 spiro atoms. The van der Waals surface area contributed by atoms with Gasteiger partial charge in [-0.25, -0.2) is 9.97 Å². The molecule has 1 unspecified atom stereocenters. The standard InChI is InChI=1S/C17H29N3.C2H6/c1-5-14(3)13-17(6-2)8-11-20(12-9-17)16-18-10-7-15(4)19-16;1-2/h7,10,14H,5-6,8-9,11-13H2,1-4H3;1-2H3. The summed E-state index contributed by atoms with van der Waals surface area (Å²) in [6, 6.07) is 1.96. The van der Waals surface area contributed by atoms with Gasteiger partial charge < -0.3 is 4.90 Å². The molecule has 1 aliphatic rings. The van der Waals surface area contributed by atoms with Gasteiger partial charge in [-0.05, 0) is 43.6 Å². The molecule has 1 aromatic heterocycles. The Hall–Kier alpha value is -1.12. The lowest BCUT2D eigenvalue weighted by molar-refractivity contribution is 0.158. The van der Waals surface area contributed by atoms with Crippen molar-refractivity contribution in [1.29, 1.82) is 0 Å². The van der Waals surface area contributed by atoms with Crippen molar-refractivity contribution in [3.05, 3.63) is 18.0 Å². The Morgan fingerprint density at radius 3 is 2.36 bits per heavy atom. The quantitative estimate of drug-likeness (QED) is 0.744. The van der Waals surface area contributed by atoms with E-state index in [4.69, 9.17) is 0 Å². The number of aromatic nitrogens is 2. The Labute approximate surface area is 137 Å². The third-order valence-corrected chi connectivity index (χ3v) is 5.12. The van der Waals surface area contributed by atoms with E-state index in [1.165, 1.54) is 32.1 Å². The summed E-state index contributed by atoms with van der Waals surface area (Å²) in [6.45, 7) is 15.3. The fourth-order valence-corrected chi connectivity index (χ4v) is 3.35. The highest BCUT2D eigenvalue weighted by Crippen LogP contribution is 2.41. The van der Waals surface area contributed by atoms with Crippen LogP contribution < -0.4 is 4.90 Å². The molecule has 1 aliphatic heterocycles. The van der Waals surface area contributed by atoms with Gasteiger partial charge in [0.1, 0.15) is 0 Å². The summed E-state index contributed by atoms with van der Waals surface area (Å²) in [6.07, 6.45) is 8.42. The van der Waals surface area contributed by atoms with Crippen molar-refractivity contribution in [3.8, 4) is 0 Å². The molecule has 0 amide bonds. The van der Waals surface area contributed by atoms with Crippen LogP contribution in [0.4, 0.5) is 5.95 Å². The maximum atomic E-state index is 4.56. The van der Waals surface area contributed by atoms with Crippen LogP contribution in [0.25, 0.3) is 0 Å². The van der Waals surface area contributed by atoms with E-state index in [0.717, 1.165) is 30.6 Å². The first-order chi connectivity index (χ1) is 10.6. The second-order valence-corrected chi connectivity index (χ2v) is 6.56. The molecule has 22 heavy (non-hydrogen) atoms. The predicted molar refractivity (Wildman–Crippen MR) is 96.4 cm³/mol. The minimum atomic E-state index is 0.551. The van der Waals surface area contributed by atoms with Crippen LogP contribution in [-0.2, 0) is 0 Å². The van der Waals surface area contributed by atoms with Crippen molar-refractivity contribution in [2.45, 2.75) is 73.6 Å². The lowest BCUT2D eigenvalue weighted by atomic mass is 9.70. The Balaban J connectivity index is 0.00000116. The molecule has 1 fully saturated rings. The van der Waals surface area contributed by atoms with Gasteiger partial charge in [0.25, 0.3) is 0 Å². The Morgan fingerprint density at radius 1 is 1.23 bits per heavy atom. The molecule has 0 bridgehead atoms. The molecule has 0 aliphatic carbocycles. The third kappa shape index (κ3) is 4.96. The van der Waals surface area contributed by atoms with Crippen LogP contribution in [0.1, 0.15) is 72.4 Å². The molecule has 0 aromatic carbocycles. The molecule has 1 saturated heterocycles. The minimum Gasteiger partial charge on any atom is -0.341 e. The van der Waals surface area contributed by atoms with E-state index in [1.807, 2.05) is 33.0 Å². The minimum absolute atomic E-state index is 0.551. The highest BCUT2D eigenvalue weighted by atomic mass is 15.3. The molecule has 2 heterocycles. The van der Waals surface area contributed by atoms with Crippen LogP contribution in [0.3, 0.4) is 0 Å². The highest BCUT2D eigenvalue weighted by Gasteiger charge is 2.34. The molecule has 0 saturated carbocycles. The first-order valence-electron chi connectivity index (χ1n) is 9.13. The smallest absolute Gasteiger partial charge is 0.225 e. The number of rotatable bonds is 5. The van der Waals surface area contributed by atoms with Crippen molar-refractivity contribution >= 4 is 5.95 Å². The SMILES string of the molecule is CC.CCC(C)CC1(CC)CCN(c2nccc(C)n2)CC1. The van der Waals surface area contributed by atoms with Crippen LogP contribution in [0.5, 0.6) is 0 Å². The van der Waals surface area contributed by atoms with Gasteiger partial charge in [0.05, 0.1) is 0 Å². The van der Waals surface area contributed by atoms with E-state index in [1.54, 1.807) is 0 Å². The first-order valence-corrected chi connectivity index (χ1v) is 9.13. The molecule has 0 N–H and O–H groups in total. The van der Waals surface area contributed by atoms with Gasteiger partial charge in [-0.1, -0.05) is 47.5 Å². The summed E-state index contributed by atoms with van der Waals surface area (Å²) < 4.78 is 0. The fourth-order valence-electron chi connectivity index (χ4n) is 3.35.